The second-order valence-electron chi connectivity index (χ2n) is 9.19. The maximum absolute atomic E-state index is 14.2. The van der Waals surface area contributed by atoms with E-state index in [1.807, 2.05) is 4.90 Å². The zero-order valence-corrected chi connectivity index (χ0v) is 19.6. The van der Waals surface area contributed by atoms with Gasteiger partial charge in [0.1, 0.15) is 17.7 Å². The number of amides is 1. The first-order valence-electron chi connectivity index (χ1n) is 11.5. The fourth-order valence-electron chi connectivity index (χ4n) is 5.33. The van der Waals surface area contributed by atoms with Gasteiger partial charge in [0.05, 0.1) is 30.2 Å². The molecule has 0 aliphatic carbocycles. The summed E-state index contributed by atoms with van der Waals surface area (Å²) in [6.07, 6.45) is 5.77. The number of hydrogen-bond donors (Lipinski definition) is 2. The fraction of sp³-hybridized carbons (Fsp3) is 0.417. The molecule has 3 atom stereocenters. The molecule has 5 rings (SSSR count). The average Bonchev–Trinajstić information content (AvgIpc) is 3.29. The molecule has 4 heterocycles. The van der Waals surface area contributed by atoms with Crippen molar-refractivity contribution in [3.05, 3.63) is 58.5 Å². The number of nitrogens with zero attached hydrogens (tertiary/aromatic N) is 4. The van der Waals surface area contributed by atoms with Crippen LogP contribution in [0.2, 0.25) is 5.02 Å². The Morgan fingerprint density at radius 3 is 2.51 bits per heavy atom. The predicted octanol–water partition coefficient (Wildman–Crippen LogP) is 2.55. The van der Waals surface area contributed by atoms with E-state index in [9.17, 15) is 19.1 Å². The minimum absolute atomic E-state index is 0.00873. The second kappa shape index (κ2) is 9.43. The van der Waals surface area contributed by atoms with Crippen molar-refractivity contribution >= 4 is 29.1 Å². The van der Waals surface area contributed by atoms with Crippen LogP contribution in [0.5, 0.6) is 5.75 Å². The Labute approximate surface area is 206 Å². The number of rotatable bonds is 6. The summed E-state index contributed by atoms with van der Waals surface area (Å²) >= 11 is 5.87. The maximum Gasteiger partial charge on any atom is 0.317 e. The Balaban J connectivity index is 1.31. The number of carboxylic acids is 1. The van der Waals surface area contributed by atoms with Crippen molar-refractivity contribution in [3.8, 4) is 5.75 Å². The minimum Gasteiger partial charge on any atom is -0.489 e. The summed E-state index contributed by atoms with van der Waals surface area (Å²) in [5.41, 5.74) is 7.55. The van der Waals surface area contributed by atoms with Crippen LogP contribution in [0, 0.1) is 5.82 Å². The van der Waals surface area contributed by atoms with Gasteiger partial charge in [0.2, 0.25) is 0 Å². The third kappa shape index (κ3) is 4.81. The number of ether oxygens (including phenoxy) is 1. The number of carbonyl (C=O) groups excluding carboxylic acids is 1. The smallest absolute Gasteiger partial charge is 0.317 e. The lowest BCUT2D eigenvalue weighted by atomic mass is 9.99. The monoisotopic (exact) mass is 501 g/mol. The van der Waals surface area contributed by atoms with Crippen LogP contribution in [-0.2, 0) is 4.79 Å². The van der Waals surface area contributed by atoms with E-state index in [1.54, 1.807) is 4.90 Å². The van der Waals surface area contributed by atoms with Crippen molar-refractivity contribution in [2.24, 2.45) is 5.73 Å². The highest BCUT2D eigenvalue weighted by Crippen LogP contribution is 2.38. The van der Waals surface area contributed by atoms with E-state index in [1.165, 1.54) is 30.6 Å². The van der Waals surface area contributed by atoms with E-state index in [2.05, 4.69) is 9.97 Å². The van der Waals surface area contributed by atoms with Crippen molar-refractivity contribution in [3.63, 3.8) is 0 Å². The number of aliphatic carboxylic acids is 1. The number of benzene rings is 1. The number of halogens is 2. The highest BCUT2D eigenvalue weighted by atomic mass is 35.5. The fourth-order valence-corrected chi connectivity index (χ4v) is 5.43. The van der Waals surface area contributed by atoms with Gasteiger partial charge in [0, 0.05) is 41.8 Å². The molecule has 0 radical (unpaired) electrons. The van der Waals surface area contributed by atoms with Gasteiger partial charge in [-0.25, -0.2) is 14.4 Å². The second-order valence-corrected chi connectivity index (χ2v) is 9.63. The number of aromatic nitrogens is 2. The van der Waals surface area contributed by atoms with Crippen LogP contribution >= 0.6 is 11.6 Å². The third-order valence-corrected chi connectivity index (χ3v) is 7.10. The van der Waals surface area contributed by atoms with E-state index in [-0.39, 0.29) is 55.0 Å². The molecule has 3 aliphatic rings. The van der Waals surface area contributed by atoms with Gasteiger partial charge >= 0.3 is 5.97 Å². The summed E-state index contributed by atoms with van der Waals surface area (Å²) in [6, 6.07) is 4.09. The zero-order valence-electron chi connectivity index (χ0n) is 18.9. The van der Waals surface area contributed by atoms with E-state index in [4.69, 9.17) is 22.1 Å². The largest absolute Gasteiger partial charge is 0.489 e. The molecular weight excluding hydrogens is 477 g/mol. The van der Waals surface area contributed by atoms with E-state index < -0.39 is 11.8 Å². The van der Waals surface area contributed by atoms with Gasteiger partial charge < -0.3 is 20.5 Å². The summed E-state index contributed by atoms with van der Waals surface area (Å²) in [5, 5.41) is 9.60. The number of piperidine rings is 1. The van der Waals surface area contributed by atoms with Crippen molar-refractivity contribution in [1.82, 2.24) is 19.8 Å². The number of carboxylic acid groups (broad SMARTS) is 1. The lowest BCUT2D eigenvalue weighted by Crippen LogP contribution is -2.48. The third-order valence-electron chi connectivity index (χ3n) is 6.90. The highest BCUT2D eigenvalue weighted by Gasteiger charge is 2.42. The van der Waals surface area contributed by atoms with Crippen LogP contribution in [0.15, 0.2) is 36.3 Å². The normalized spacial score (nSPS) is 24.2. The summed E-state index contributed by atoms with van der Waals surface area (Å²) in [6.45, 7) is 0.407. The summed E-state index contributed by atoms with van der Waals surface area (Å²) in [7, 11) is 0. The summed E-state index contributed by atoms with van der Waals surface area (Å²) < 4.78 is 20.3. The van der Waals surface area contributed by atoms with Crippen molar-refractivity contribution in [1.29, 1.82) is 0 Å². The Bertz CT molecular complexity index is 1180. The molecule has 184 valence electrons. The van der Waals surface area contributed by atoms with Crippen LogP contribution in [-0.4, -0.2) is 74.6 Å². The summed E-state index contributed by atoms with van der Waals surface area (Å²) in [4.78, 5) is 36.6. The quantitative estimate of drug-likeness (QED) is 0.619. The molecular formula is C24H25ClFN5O4. The number of fused-ring (bicyclic) bond motifs is 2. The Hall–Kier alpha value is -3.24. The molecule has 0 spiro atoms. The van der Waals surface area contributed by atoms with Crippen molar-refractivity contribution in [2.75, 3.05) is 19.6 Å². The van der Waals surface area contributed by atoms with Crippen molar-refractivity contribution in [2.45, 2.75) is 43.9 Å². The summed E-state index contributed by atoms with van der Waals surface area (Å²) in [5.74, 6) is -1.10. The van der Waals surface area contributed by atoms with Crippen molar-refractivity contribution < 1.29 is 23.8 Å². The molecule has 35 heavy (non-hydrogen) atoms. The lowest BCUT2D eigenvalue weighted by Gasteiger charge is -2.38. The molecule has 1 aromatic heterocycles. The van der Waals surface area contributed by atoms with E-state index in [0.717, 1.165) is 12.8 Å². The van der Waals surface area contributed by atoms with Crippen LogP contribution in [0.25, 0.3) is 5.57 Å². The van der Waals surface area contributed by atoms with Gasteiger partial charge in [-0.1, -0.05) is 11.6 Å². The van der Waals surface area contributed by atoms with Gasteiger partial charge in [-0.3, -0.25) is 14.5 Å². The standard InChI is InChI=1S/C24H25ClFN5O4/c25-13-8-28-23(29-9-13)19-10-30(11-20(19)27)24(34)18-4-1-14(26)5-21(18)35-17-6-15-2-3-16(7-17)31(15)12-22(32)33/h1,4-5,8-9,15-17H,2-3,6-7,10-12,27H2,(H,32,33)/t15-,16+,17?. The first-order valence-corrected chi connectivity index (χ1v) is 11.8. The van der Waals surface area contributed by atoms with Crippen LogP contribution in [0.1, 0.15) is 41.9 Å². The Kier molecular flexibility index (Phi) is 6.33. The molecule has 2 saturated heterocycles. The van der Waals surface area contributed by atoms with Crippen LogP contribution in [0.3, 0.4) is 0 Å². The molecule has 0 saturated carbocycles. The molecule has 2 fully saturated rings. The molecule has 9 nitrogen and oxygen atoms in total. The Morgan fingerprint density at radius 1 is 1.17 bits per heavy atom. The maximum atomic E-state index is 14.2. The topological polar surface area (TPSA) is 122 Å². The average molecular weight is 502 g/mol. The Morgan fingerprint density at radius 2 is 1.86 bits per heavy atom. The minimum atomic E-state index is -0.846. The number of nitrogens with two attached hydrogens (primary N) is 1. The van der Waals surface area contributed by atoms with E-state index >= 15 is 0 Å². The van der Waals surface area contributed by atoms with Gasteiger partial charge in [0.15, 0.2) is 5.82 Å². The molecule has 11 heteroatoms. The number of hydrogen-bond acceptors (Lipinski definition) is 7. The zero-order chi connectivity index (χ0) is 24.7. The van der Waals surface area contributed by atoms with Crippen LogP contribution < -0.4 is 10.5 Å². The molecule has 1 amide bonds. The molecule has 2 bridgehead atoms. The lowest BCUT2D eigenvalue weighted by molar-refractivity contribution is -0.140. The van der Waals surface area contributed by atoms with Gasteiger partial charge in [-0.15, -0.1) is 0 Å². The number of carbonyl (C=O) groups is 2. The predicted molar refractivity (Wildman–Crippen MR) is 125 cm³/mol. The van der Waals surface area contributed by atoms with Gasteiger partial charge in [-0.05, 0) is 37.8 Å². The van der Waals surface area contributed by atoms with Crippen LogP contribution in [0.4, 0.5) is 4.39 Å². The van der Waals surface area contributed by atoms with Gasteiger partial charge in [-0.2, -0.15) is 0 Å². The molecule has 3 N–H and O–H groups in total. The molecule has 3 aliphatic heterocycles. The molecule has 1 aromatic carbocycles. The van der Waals surface area contributed by atoms with Gasteiger partial charge in [0.25, 0.3) is 5.91 Å². The SMILES string of the molecule is NC1=C(c2ncc(Cl)cn2)CN(C(=O)c2ccc(F)cc2OC2C[C@H]3CC[C@@H](C2)N3CC(=O)O)C1. The van der Waals surface area contributed by atoms with E-state index in [0.29, 0.717) is 35.0 Å². The first-order chi connectivity index (χ1) is 16.8. The molecule has 1 unspecified atom stereocenters. The highest BCUT2D eigenvalue weighted by molar-refractivity contribution is 6.30. The first kappa shape index (κ1) is 23.5. The molecule has 2 aromatic rings.